The summed E-state index contributed by atoms with van der Waals surface area (Å²) in [7, 11) is 1.57. The van der Waals surface area contributed by atoms with Crippen LogP contribution in [0, 0.1) is 0 Å². The van der Waals surface area contributed by atoms with Gasteiger partial charge >= 0.3 is 0 Å². The number of amides is 2. The van der Waals surface area contributed by atoms with Gasteiger partial charge < -0.3 is 14.4 Å². The molecule has 1 aliphatic rings. The number of aliphatic hydroxyl groups excluding tert-OH is 1. The fourth-order valence-corrected chi connectivity index (χ4v) is 3.83. The van der Waals surface area contributed by atoms with Crippen molar-refractivity contribution in [2.45, 2.75) is 31.7 Å². The van der Waals surface area contributed by atoms with Crippen molar-refractivity contribution in [3.63, 3.8) is 0 Å². The van der Waals surface area contributed by atoms with E-state index in [1.54, 1.807) is 31.4 Å². The largest absolute Gasteiger partial charge is 0.497 e. The van der Waals surface area contributed by atoms with Gasteiger partial charge in [-0.15, -0.1) is 0 Å². The quantitative estimate of drug-likeness (QED) is 0.493. The number of methoxy groups -OCH3 is 1. The number of benzene rings is 2. The Hall–Kier alpha value is -3.19. The van der Waals surface area contributed by atoms with E-state index in [0.717, 1.165) is 23.3 Å². The van der Waals surface area contributed by atoms with Gasteiger partial charge in [-0.25, -0.2) is 9.88 Å². The van der Waals surface area contributed by atoms with Crippen molar-refractivity contribution < 1.29 is 19.4 Å². The Morgan fingerprint density at radius 3 is 2.59 bits per heavy atom. The summed E-state index contributed by atoms with van der Waals surface area (Å²) in [5.41, 5.74) is 2.18. The van der Waals surface area contributed by atoms with E-state index in [2.05, 4.69) is 0 Å². The van der Waals surface area contributed by atoms with Crippen molar-refractivity contribution in [2.24, 2.45) is 0 Å². The highest BCUT2D eigenvalue weighted by atomic mass is 16.5. The summed E-state index contributed by atoms with van der Waals surface area (Å²) in [5, 5.41) is 9.10. The lowest BCUT2D eigenvalue weighted by atomic mass is 10.2. The zero-order valence-corrected chi connectivity index (χ0v) is 16.2. The Morgan fingerprint density at radius 1 is 1.10 bits per heavy atom. The molecule has 1 aliphatic heterocycles. The van der Waals surface area contributed by atoms with E-state index in [1.807, 2.05) is 28.8 Å². The highest BCUT2D eigenvalue weighted by Gasteiger charge is 2.42. The van der Waals surface area contributed by atoms with Gasteiger partial charge in [-0.3, -0.25) is 9.59 Å². The molecular formula is C22H23N3O4. The minimum atomic E-state index is -0.624. The van der Waals surface area contributed by atoms with Gasteiger partial charge in [0.05, 0.1) is 30.3 Å². The van der Waals surface area contributed by atoms with E-state index in [1.165, 1.54) is 4.90 Å². The number of imidazole rings is 1. The molecule has 150 valence electrons. The fraction of sp³-hybridized carbons (Fsp3) is 0.318. The molecule has 0 radical (unpaired) electrons. The molecule has 2 amide bonds. The second kappa shape index (κ2) is 8.05. The highest BCUT2D eigenvalue weighted by molar-refractivity contribution is 6.22. The van der Waals surface area contributed by atoms with Crippen LogP contribution < -0.4 is 9.64 Å². The van der Waals surface area contributed by atoms with Crippen LogP contribution in [0.2, 0.25) is 0 Å². The lowest BCUT2D eigenvalue weighted by Gasteiger charge is -2.18. The molecule has 0 unspecified atom stereocenters. The van der Waals surface area contributed by atoms with E-state index in [0.29, 0.717) is 24.3 Å². The summed E-state index contributed by atoms with van der Waals surface area (Å²) in [5.74, 6) is 0.939. The zero-order valence-electron chi connectivity index (χ0n) is 16.2. The number of fused-ring (bicyclic) bond motifs is 1. The van der Waals surface area contributed by atoms with Crippen LogP contribution in [0.1, 0.15) is 31.1 Å². The molecule has 3 aromatic rings. The van der Waals surface area contributed by atoms with E-state index < -0.39 is 6.04 Å². The maximum atomic E-state index is 13.3. The summed E-state index contributed by atoms with van der Waals surface area (Å²) in [6.07, 6.45) is 2.16. The highest BCUT2D eigenvalue weighted by Crippen LogP contribution is 2.34. The third-order valence-electron chi connectivity index (χ3n) is 5.24. The number of carbonyl (C=O) groups is 2. The first kappa shape index (κ1) is 19.1. The summed E-state index contributed by atoms with van der Waals surface area (Å²) in [4.78, 5) is 32.0. The van der Waals surface area contributed by atoms with Crippen molar-refractivity contribution in [3.05, 3.63) is 54.4 Å². The third kappa shape index (κ3) is 3.49. The molecule has 0 spiro atoms. The van der Waals surface area contributed by atoms with Crippen LogP contribution in [-0.4, -0.2) is 40.2 Å². The number of anilines is 1. The number of ether oxygens (including phenoxy) is 1. The van der Waals surface area contributed by atoms with Crippen molar-refractivity contribution in [2.75, 3.05) is 18.6 Å². The number of hydrogen-bond donors (Lipinski definition) is 1. The molecule has 0 saturated carbocycles. The SMILES string of the molecule is COc1ccc(N2C(=O)C[C@H](n3c(CCCCO)nc4ccccc43)C2=O)cc1. The summed E-state index contributed by atoms with van der Waals surface area (Å²) >= 11 is 0. The van der Waals surface area contributed by atoms with Gasteiger partial charge in [-0.1, -0.05) is 12.1 Å². The molecule has 7 heteroatoms. The molecule has 4 rings (SSSR count). The first-order valence-electron chi connectivity index (χ1n) is 9.71. The molecule has 29 heavy (non-hydrogen) atoms. The van der Waals surface area contributed by atoms with Crippen molar-refractivity contribution in [1.82, 2.24) is 9.55 Å². The molecule has 1 aromatic heterocycles. The third-order valence-corrected chi connectivity index (χ3v) is 5.24. The summed E-state index contributed by atoms with van der Waals surface area (Å²) < 4.78 is 7.06. The topological polar surface area (TPSA) is 84.7 Å². The van der Waals surface area contributed by atoms with Crippen molar-refractivity contribution in [1.29, 1.82) is 0 Å². The molecule has 2 aromatic carbocycles. The number of aliphatic hydroxyl groups is 1. The van der Waals surface area contributed by atoms with E-state index in [4.69, 9.17) is 14.8 Å². The lowest BCUT2D eigenvalue weighted by Crippen LogP contribution is -2.31. The number of rotatable bonds is 7. The van der Waals surface area contributed by atoms with E-state index in [-0.39, 0.29) is 24.8 Å². The molecule has 0 aliphatic carbocycles. The fourth-order valence-electron chi connectivity index (χ4n) is 3.83. The van der Waals surface area contributed by atoms with Crippen LogP contribution in [0.15, 0.2) is 48.5 Å². The first-order chi connectivity index (χ1) is 14.1. The smallest absolute Gasteiger partial charge is 0.257 e. The molecular weight excluding hydrogens is 370 g/mol. The minimum absolute atomic E-state index is 0.0955. The molecule has 1 saturated heterocycles. The van der Waals surface area contributed by atoms with Gasteiger partial charge in [0.25, 0.3) is 5.91 Å². The number of imide groups is 1. The first-order valence-corrected chi connectivity index (χ1v) is 9.71. The monoisotopic (exact) mass is 393 g/mol. The lowest BCUT2D eigenvalue weighted by molar-refractivity contribution is -0.122. The van der Waals surface area contributed by atoms with Gasteiger partial charge in [0.2, 0.25) is 5.91 Å². The molecule has 1 fully saturated rings. The Morgan fingerprint density at radius 2 is 1.86 bits per heavy atom. The molecule has 1 N–H and O–H groups in total. The number of unbranched alkanes of at least 4 members (excludes halogenated alkanes) is 1. The minimum Gasteiger partial charge on any atom is -0.497 e. The van der Waals surface area contributed by atoms with Crippen LogP contribution in [-0.2, 0) is 16.0 Å². The maximum Gasteiger partial charge on any atom is 0.257 e. The molecule has 7 nitrogen and oxygen atoms in total. The molecule has 0 bridgehead atoms. The van der Waals surface area contributed by atoms with Gasteiger partial charge in [-0.05, 0) is 49.2 Å². The van der Waals surface area contributed by atoms with Crippen LogP contribution in [0.5, 0.6) is 5.75 Å². The van der Waals surface area contributed by atoms with Gasteiger partial charge in [0.15, 0.2) is 0 Å². The predicted octanol–water partition coefficient (Wildman–Crippen LogP) is 2.86. The number of aryl methyl sites for hydroxylation is 1. The van der Waals surface area contributed by atoms with Gasteiger partial charge in [0.1, 0.15) is 17.6 Å². The summed E-state index contributed by atoms with van der Waals surface area (Å²) in [6.45, 7) is 0.117. The number of hydrogen-bond acceptors (Lipinski definition) is 5. The van der Waals surface area contributed by atoms with Crippen LogP contribution in [0.25, 0.3) is 11.0 Å². The number of para-hydroxylation sites is 2. The maximum absolute atomic E-state index is 13.3. The van der Waals surface area contributed by atoms with E-state index >= 15 is 0 Å². The molecule has 2 heterocycles. The Kier molecular flexibility index (Phi) is 5.31. The average molecular weight is 393 g/mol. The van der Waals surface area contributed by atoms with Crippen molar-refractivity contribution in [3.8, 4) is 5.75 Å². The number of aromatic nitrogens is 2. The summed E-state index contributed by atoms with van der Waals surface area (Å²) in [6, 6.07) is 13.9. The standard InChI is InChI=1S/C22H23N3O4/c1-29-16-11-9-15(10-12-16)24-21(27)14-19(22(24)28)25-18-7-3-2-6-17(18)23-20(25)8-4-5-13-26/h2-3,6-7,9-12,19,26H,4-5,8,13-14H2,1H3/t19-/m0/s1. The number of nitrogens with zero attached hydrogens (tertiary/aromatic N) is 3. The Bertz CT molecular complexity index is 1040. The van der Waals surface area contributed by atoms with Gasteiger partial charge in [0, 0.05) is 13.0 Å². The second-order valence-corrected chi connectivity index (χ2v) is 7.05. The molecule has 1 atom stereocenters. The number of carbonyl (C=O) groups excluding carboxylic acids is 2. The van der Waals surface area contributed by atoms with E-state index in [9.17, 15) is 9.59 Å². The zero-order chi connectivity index (χ0) is 20.4. The Balaban J connectivity index is 1.71. The Labute approximate surface area is 168 Å². The van der Waals surface area contributed by atoms with Gasteiger partial charge in [-0.2, -0.15) is 0 Å². The van der Waals surface area contributed by atoms with Crippen LogP contribution in [0.4, 0.5) is 5.69 Å². The van der Waals surface area contributed by atoms with Crippen molar-refractivity contribution >= 4 is 28.5 Å². The normalized spacial score (nSPS) is 16.8. The van der Waals surface area contributed by atoms with Crippen LogP contribution >= 0.6 is 0 Å². The average Bonchev–Trinajstić information content (AvgIpc) is 3.24. The predicted molar refractivity (Wildman–Crippen MR) is 109 cm³/mol. The van der Waals surface area contributed by atoms with Crippen LogP contribution in [0.3, 0.4) is 0 Å². The second-order valence-electron chi connectivity index (χ2n) is 7.05.